The van der Waals surface area contributed by atoms with Gasteiger partial charge >= 0.3 is 0 Å². The quantitative estimate of drug-likeness (QED) is 0.654. The van der Waals surface area contributed by atoms with E-state index >= 15 is 0 Å². The van der Waals surface area contributed by atoms with E-state index in [9.17, 15) is 9.59 Å². The number of nitrogens with one attached hydrogen (secondary N) is 1. The second kappa shape index (κ2) is 8.99. The highest BCUT2D eigenvalue weighted by atomic mass is 16.2. The molecule has 164 valence electrons. The van der Waals surface area contributed by atoms with Crippen molar-refractivity contribution in [1.82, 2.24) is 20.0 Å². The number of likely N-dealkylation sites (tertiary alicyclic amines) is 1. The Labute approximate surface area is 188 Å². The fourth-order valence-electron chi connectivity index (χ4n) is 4.95. The number of benzene rings is 2. The summed E-state index contributed by atoms with van der Waals surface area (Å²) in [5.41, 5.74) is 4.68. The third kappa shape index (κ3) is 4.31. The minimum atomic E-state index is -0.0966. The molecule has 2 unspecified atom stereocenters. The van der Waals surface area contributed by atoms with Crippen molar-refractivity contribution in [2.75, 3.05) is 13.1 Å². The maximum Gasteiger partial charge on any atom is 0.240 e. The van der Waals surface area contributed by atoms with Gasteiger partial charge < -0.3 is 10.2 Å². The van der Waals surface area contributed by atoms with Crippen LogP contribution in [0.1, 0.15) is 53.6 Å². The first-order valence-corrected chi connectivity index (χ1v) is 11.4. The average Bonchev–Trinajstić information content (AvgIpc) is 3.39. The Morgan fingerprint density at radius 1 is 1.06 bits per heavy atom. The SMILES string of the molecule is O=C(CN1CC(c2ccccc2)CC1=O)NC1CCCc2c1cnn2Cc1ccccc1. The van der Waals surface area contributed by atoms with Crippen molar-refractivity contribution in [2.24, 2.45) is 0 Å². The molecule has 3 aromatic rings. The molecule has 2 amide bonds. The maximum atomic E-state index is 12.8. The normalized spacial score (nSPS) is 20.2. The molecule has 2 aliphatic rings. The summed E-state index contributed by atoms with van der Waals surface area (Å²) in [6.07, 6.45) is 5.25. The lowest BCUT2D eigenvalue weighted by molar-refractivity contribution is -0.133. The molecule has 1 aliphatic heterocycles. The first-order chi connectivity index (χ1) is 15.7. The highest BCUT2D eigenvalue weighted by Crippen LogP contribution is 2.31. The summed E-state index contributed by atoms with van der Waals surface area (Å²) in [7, 11) is 0. The highest BCUT2D eigenvalue weighted by molar-refractivity contribution is 5.86. The minimum Gasteiger partial charge on any atom is -0.348 e. The van der Waals surface area contributed by atoms with Crippen molar-refractivity contribution < 1.29 is 9.59 Å². The van der Waals surface area contributed by atoms with Gasteiger partial charge in [0.25, 0.3) is 0 Å². The van der Waals surface area contributed by atoms with Gasteiger partial charge in [-0.2, -0.15) is 5.10 Å². The molecule has 1 fully saturated rings. The fourth-order valence-corrected chi connectivity index (χ4v) is 4.95. The van der Waals surface area contributed by atoms with Crippen LogP contribution in [0.4, 0.5) is 0 Å². The third-order valence-electron chi connectivity index (χ3n) is 6.59. The lowest BCUT2D eigenvalue weighted by Gasteiger charge is -2.25. The molecule has 32 heavy (non-hydrogen) atoms. The highest BCUT2D eigenvalue weighted by Gasteiger charge is 2.32. The first kappa shape index (κ1) is 20.5. The van der Waals surface area contributed by atoms with Crippen molar-refractivity contribution >= 4 is 11.8 Å². The van der Waals surface area contributed by atoms with Gasteiger partial charge in [-0.05, 0) is 30.4 Å². The van der Waals surface area contributed by atoms with Crippen LogP contribution in [0.2, 0.25) is 0 Å². The van der Waals surface area contributed by atoms with Crippen LogP contribution in [-0.4, -0.2) is 39.6 Å². The molecule has 5 rings (SSSR count). The van der Waals surface area contributed by atoms with Gasteiger partial charge in [0, 0.05) is 30.1 Å². The Balaban J connectivity index is 1.22. The summed E-state index contributed by atoms with van der Waals surface area (Å²) < 4.78 is 2.05. The summed E-state index contributed by atoms with van der Waals surface area (Å²) in [4.78, 5) is 27.0. The number of amides is 2. The first-order valence-electron chi connectivity index (χ1n) is 11.4. The van der Waals surface area contributed by atoms with Crippen LogP contribution in [0.25, 0.3) is 0 Å². The molecular weight excluding hydrogens is 400 g/mol. The number of nitrogens with zero attached hydrogens (tertiary/aromatic N) is 3. The number of aromatic nitrogens is 2. The standard InChI is InChI=1S/C26H28N4O2/c31-25(18-29-17-21(14-26(29)32)20-10-5-2-6-11-20)28-23-12-7-13-24-22(23)15-27-30(24)16-19-8-3-1-4-9-19/h1-6,8-11,15,21,23H,7,12-14,16-18H2,(H,28,31). The van der Waals surface area contributed by atoms with Gasteiger partial charge in [0.1, 0.15) is 0 Å². The molecule has 6 nitrogen and oxygen atoms in total. The van der Waals surface area contributed by atoms with Crippen LogP contribution in [0, 0.1) is 0 Å². The molecule has 1 aliphatic carbocycles. The van der Waals surface area contributed by atoms with E-state index in [-0.39, 0.29) is 30.3 Å². The van der Waals surface area contributed by atoms with E-state index < -0.39 is 0 Å². The molecule has 2 heterocycles. The number of carbonyl (C=O) groups is 2. The van der Waals surface area contributed by atoms with Crippen molar-refractivity contribution in [3.8, 4) is 0 Å². The third-order valence-corrected chi connectivity index (χ3v) is 6.59. The number of rotatable bonds is 6. The monoisotopic (exact) mass is 428 g/mol. The zero-order valence-electron chi connectivity index (χ0n) is 18.1. The summed E-state index contributed by atoms with van der Waals surface area (Å²) in [6, 6.07) is 20.3. The number of hydrogen-bond donors (Lipinski definition) is 1. The van der Waals surface area contributed by atoms with Crippen molar-refractivity contribution in [1.29, 1.82) is 0 Å². The largest absolute Gasteiger partial charge is 0.348 e. The Morgan fingerprint density at radius 3 is 2.59 bits per heavy atom. The number of hydrogen-bond acceptors (Lipinski definition) is 3. The van der Waals surface area contributed by atoms with Crippen LogP contribution < -0.4 is 5.32 Å². The minimum absolute atomic E-state index is 0.0431. The second-order valence-electron chi connectivity index (χ2n) is 8.79. The van der Waals surface area contributed by atoms with E-state index in [1.54, 1.807) is 4.90 Å². The van der Waals surface area contributed by atoms with Crippen molar-refractivity contribution in [2.45, 2.75) is 44.2 Å². The molecule has 0 bridgehead atoms. The van der Waals surface area contributed by atoms with Crippen LogP contribution in [-0.2, 0) is 22.6 Å². The Kier molecular flexibility index (Phi) is 5.75. The van der Waals surface area contributed by atoms with E-state index in [4.69, 9.17) is 0 Å². The van der Waals surface area contributed by atoms with Gasteiger partial charge in [0.2, 0.25) is 11.8 Å². The van der Waals surface area contributed by atoms with E-state index in [2.05, 4.69) is 39.4 Å². The fraction of sp³-hybridized carbons (Fsp3) is 0.346. The zero-order valence-corrected chi connectivity index (χ0v) is 18.1. The molecule has 6 heteroatoms. The van der Waals surface area contributed by atoms with Gasteiger partial charge in [0.05, 0.1) is 25.3 Å². The van der Waals surface area contributed by atoms with Crippen LogP contribution >= 0.6 is 0 Å². The Bertz CT molecular complexity index is 1090. The molecule has 0 saturated carbocycles. The molecule has 0 radical (unpaired) electrons. The maximum absolute atomic E-state index is 12.8. The van der Waals surface area contributed by atoms with Gasteiger partial charge in [0.15, 0.2) is 0 Å². The zero-order chi connectivity index (χ0) is 21.9. The van der Waals surface area contributed by atoms with Crippen molar-refractivity contribution in [3.63, 3.8) is 0 Å². The number of fused-ring (bicyclic) bond motifs is 1. The molecule has 0 spiro atoms. The summed E-state index contributed by atoms with van der Waals surface area (Å²) in [6.45, 7) is 1.45. The predicted octanol–water partition coefficient (Wildman–Crippen LogP) is 3.44. The lowest BCUT2D eigenvalue weighted by atomic mass is 9.93. The Hall–Kier alpha value is -3.41. The Morgan fingerprint density at radius 2 is 1.81 bits per heavy atom. The lowest BCUT2D eigenvalue weighted by Crippen LogP contribution is -2.40. The van der Waals surface area contributed by atoms with E-state index in [1.807, 2.05) is 42.6 Å². The molecule has 2 aromatic carbocycles. The molecule has 1 aromatic heterocycles. The van der Waals surface area contributed by atoms with Gasteiger partial charge in [-0.3, -0.25) is 14.3 Å². The van der Waals surface area contributed by atoms with Crippen LogP contribution in [0.5, 0.6) is 0 Å². The van der Waals surface area contributed by atoms with E-state index in [0.717, 1.165) is 36.9 Å². The average molecular weight is 429 g/mol. The van der Waals surface area contributed by atoms with Crippen LogP contribution in [0.3, 0.4) is 0 Å². The van der Waals surface area contributed by atoms with E-state index in [0.29, 0.717) is 13.0 Å². The summed E-state index contributed by atoms with van der Waals surface area (Å²) in [5.74, 6) is 0.115. The number of carbonyl (C=O) groups excluding carboxylic acids is 2. The van der Waals surface area contributed by atoms with Gasteiger partial charge in [-0.1, -0.05) is 60.7 Å². The van der Waals surface area contributed by atoms with Crippen LogP contribution in [0.15, 0.2) is 66.9 Å². The smallest absolute Gasteiger partial charge is 0.240 e. The molecule has 1 saturated heterocycles. The molecule has 1 N–H and O–H groups in total. The second-order valence-corrected chi connectivity index (χ2v) is 8.79. The van der Waals surface area contributed by atoms with Gasteiger partial charge in [-0.25, -0.2) is 0 Å². The van der Waals surface area contributed by atoms with E-state index in [1.165, 1.54) is 11.3 Å². The van der Waals surface area contributed by atoms with Gasteiger partial charge in [-0.15, -0.1) is 0 Å². The van der Waals surface area contributed by atoms with Crippen molar-refractivity contribution in [3.05, 3.63) is 89.2 Å². The molecule has 2 atom stereocenters. The summed E-state index contributed by atoms with van der Waals surface area (Å²) >= 11 is 0. The molecular formula is C26H28N4O2. The predicted molar refractivity (Wildman–Crippen MR) is 122 cm³/mol. The summed E-state index contributed by atoms with van der Waals surface area (Å²) in [5, 5.41) is 7.78. The topological polar surface area (TPSA) is 67.2 Å².